The number of rotatable bonds is 4. The highest BCUT2D eigenvalue weighted by molar-refractivity contribution is 5.31. The first-order chi connectivity index (χ1) is 10.2. The third-order valence-corrected chi connectivity index (χ3v) is 4.54. The number of aromatic nitrogens is 2. The van der Waals surface area contributed by atoms with Crippen LogP contribution in [-0.4, -0.2) is 58.9 Å². The molecule has 0 aliphatic carbocycles. The SMILES string of the molecule is CNc1cncc([C@@H]2CCCN2CC2(O)CCOCC2)n1. The lowest BCUT2D eigenvalue weighted by atomic mass is 9.93. The molecule has 0 unspecified atom stereocenters. The van der Waals surface area contributed by atoms with Gasteiger partial charge in [0.15, 0.2) is 0 Å². The fraction of sp³-hybridized carbons (Fsp3) is 0.733. The molecule has 0 bridgehead atoms. The second kappa shape index (κ2) is 6.25. The van der Waals surface area contributed by atoms with Crippen molar-refractivity contribution in [2.45, 2.75) is 37.3 Å². The normalized spacial score (nSPS) is 25.9. The summed E-state index contributed by atoms with van der Waals surface area (Å²) in [5, 5.41) is 13.8. The van der Waals surface area contributed by atoms with Gasteiger partial charge in [0, 0.05) is 39.6 Å². The molecule has 21 heavy (non-hydrogen) atoms. The molecule has 0 radical (unpaired) electrons. The average molecular weight is 292 g/mol. The fourth-order valence-corrected chi connectivity index (χ4v) is 3.30. The number of ether oxygens (including phenoxy) is 1. The van der Waals surface area contributed by atoms with Crippen LogP contribution in [0.25, 0.3) is 0 Å². The van der Waals surface area contributed by atoms with Gasteiger partial charge in [-0.2, -0.15) is 0 Å². The second-order valence-corrected chi connectivity index (χ2v) is 6.04. The zero-order valence-corrected chi connectivity index (χ0v) is 12.6. The number of anilines is 1. The highest BCUT2D eigenvalue weighted by Crippen LogP contribution is 2.34. The third-order valence-electron chi connectivity index (χ3n) is 4.54. The standard InChI is InChI=1S/C15H24N4O2/c1-16-14-10-17-9-12(18-14)13-3-2-6-19(13)11-15(20)4-7-21-8-5-15/h9-10,13,20H,2-8,11H2,1H3,(H,16,18)/t13-/m0/s1. The van der Waals surface area contributed by atoms with Crippen LogP contribution in [0.4, 0.5) is 5.82 Å². The Labute approximate surface area is 125 Å². The van der Waals surface area contributed by atoms with Gasteiger partial charge in [-0.05, 0) is 19.4 Å². The van der Waals surface area contributed by atoms with Gasteiger partial charge in [-0.3, -0.25) is 9.88 Å². The zero-order chi connectivity index (χ0) is 14.7. The van der Waals surface area contributed by atoms with Crippen LogP contribution >= 0.6 is 0 Å². The van der Waals surface area contributed by atoms with Crippen LogP contribution in [0, 0.1) is 0 Å². The maximum atomic E-state index is 10.7. The maximum Gasteiger partial charge on any atom is 0.144 e. The lowest BCUT2D eigenvalue weighted by Crippen LogP contribution is -2.46. The Morgan fingerprint density at radius 1 is 1.43 bits per heavy atom. The molecule has 0 saturated carbocycles. The van der Waals surface area contributed by atoms with Crippen LogP contribution < -0.4 is 5.32 Å². The number of likely N-dealkylation sites (tertiary alicyclic amines) is 1. The van der Waals surface area contributed by atoms with Crippen molar-refractivity contribution in [3.63, 3.8) is 0 Å². The summed E-state index contributed by atoms with van der Waals surface area (Å²) in [5.74, 6) is 0.795. The minimum Gasteiger partial charge on any atom is -0.388 e. The molecule has 2 aliphatic heterocycles. The van der Waals surface area contributed by atoms with Gasteiger partial charge in [-0.1, -0.05) is 0 Å². The van der Waals surface area contributed by atoms with Crippen LogP contribution in [0.2, 0.25) is 0 Å². The number of hydrogen-bond acceptors (Lipinski definition) is 6. The lowest BCUT2D eigenvalue weighted by Gasteiger charge is -2.37. The predicted molar refractivity (Wildman–Crippen MR) is 80.1 cm³/mol. The monoisotopic (exact) mass is 292 g/mol. The van der Waals surface area contributed by atoms with Crippen LogP contribution in [0.15, 0.2) is 12.4 Å². The van der Waals surface area contributed by atoms with Crippen molar-refractivity contribution in [3.8, 4) is 0 Å². The van der Waals surface area contributed by atoms with Crippen molar-refractivity contribution < 1.29 is 9.84 Å². The van der Waals surface area contributed by atoms with Gasteiger partial charge in [-0.25, -0.2) is 4.98 Å². The molecular weight excluding hydrogens is 268 g/mol. The molecule has 3 heterocycles. The van der Waals surface area contributed by atoms with E-state index in [1.54, 1.807) is 6.20 Å². The van der Waals surface area contributed by atoms with E-state index < -0.39 is 5.60 Å². The molecule has 2 fully saturated rings. The summed E-state index contributed by atoms with van der Waals surface area (Å²) in [6, 6.07) is 0.262. The first-order valence-corrected chi connectivity index (χ1v) is 7.74. The van der Waals surface area contributed by atoms with Crippen molar-refractivity contribution in [3.05, 3.63) is 18.1 Å². The molecule has 2 saturated heterocycles. The van der Waals surface area contributed by atoms with E-state index in [-0.39, 0.29) is 6.04 Å². The molecule has 0 aromatic carbocycles. The highest BCUT2D eigenvalue weighted by Gasteiger charge is 2.37. The minimum atomic E-state index is -0.616. The van der Waals surface area contributed by atoms with Gasteiger partial charge in [0.25, 0.3) is 0 Å². The Morgan fingerprint density at radius 2 is 2.24 bits per heavy atom. The van der Waals surface area contributed by atoms with Gasteiger partial charge in [0.2, 0.25) is 0 Å². The molecule has 1 aromatic rings. The molecule has 2 N–H and O–H groups in total. The van der Waals surface area contributed by atoms with Crippen molar-refractivity contribution in [1.82, 2.24) is 14.9 Å². The van der Waals surface area contributed by atoms with Crippen molar-refractivity contribution >= 4 is 5.82 Å². The zero-order valence-electron chi connectivity index (χ0n) is 12.6. The largest absolute Gasteiger partial charge is 0.388 e. The molecule has 2 aliphatic rings. The molecule has 1 aromatic heterocycles. The highest BCUT2D eigenvalue weighted by atomic mass is 16.5. The summed E-state index contributed by atoms with van der Waals surface area (Å²) in [4.78, 5) is 11.2. The molecule has 3 rings (SSSR count). The number of aliphatic hydroxyl groups is 1. The Hall–Kier alpha value is -1.24. The van der Waals surface area contributed by atoms with Crippen LogP contribution in [0.5, 0.6) is 0 Å². The molecule has 6 nitrogen and oxygen atoms in total. The molecule has 0 amide bonds. The van der Waals surface area contributed by atoms with Gasteiger partial charge in [-0.15, -0.1) is 0 Å². The van der Waals surface area contributed by atoms with Crippen molar-refractivity contribution in [2.24, 2.45) is 0 Å². The van der Waals surface area contributed by atoms with E-state index in [0.29, 0.717) is 19.8 Å². The van der Waals surface area contributed by atoms with E-state index in [1.807, 2.05) is 13.2 Å². The van der Waals surface area contributed by atoms with Gasteiger partial charge in [0.1, 0.15) is 5.82 Å². The summed E-state index contributed by atoms with van der Waals surface area (Å²) in [6.07, 6.45) is 7.24. The van der Waals surface area contributed by atoms with Crippen LogP contribution in [-0.2, 0) is 4.74 Å². The van der Waals surface area contributed by atoms with E-state index in [4.69, 9.17) is 4.74 Å². The summed E-state index contributed by atoms with van der Waals surface area (Å²) in [6.45, 7) is 3.03. The quantitative estimate of drug-likeness (QED) is 0.869. The Bertz CT molecular complexity index is 476. The predicted octanol–water partition coefficient (Wildman–Crippen LogP) is 1.20. The van der Waals surface area contributed by atoms with E-state index in [1.165, 1.54) is 0 Å². The Balaban J connectivity index is 1.72. The average Bonchev–Trinajstić information content (AvgIpc) is 2.95. The summed E-state index contributed by atoms with van der Waals surface area (Å²) >= 11 is 0. The number of nitrogens with one attached hydrogen (secondary N) is 1. The van der Waals surface area contributed by atoms with Crippen LogP contribution in [0.1, 0.15) is 37.4 Å². The van der Waals surface area contributed by atoms with Crippen LogP contribution in [0.3, 0.4) is 0 Å². The summed E-state index contributed by atoms with van der Waals surface area (Å²) < 4.78 is 5.36. The number of nitrogens with zero attached hydrogens (tertiary/aromatic N) is 3. The third kappa shape index (κ3) is 3.33. The first kappa shape index (κ1) is 14.7. The van der Waals surface area contributed by atoms with Gasteiger partial charge < -0.3 is 15.2 Å². The smallest absolute Gasteiger partial charge is 0.144 e. The summed E-state index contributed by atoms with van der Waals surface area (Å²) in [5.41, 5.74) is 0.379. The number of hydrogen-bond donors (Lipinski definition) is 2. The molecule has 116 valence electrons. The van der Waals surface area contributed by atoms with E-state index in [2.05, 4.69) is 20.2 Å². The molecular formula is C15H24N4O2. The summed E-state index contributed by atoms with van der Waals surface area (Å²) in [7, 11) is 1.85. The number of β-amino-alcohol motifs (C(OH)–C–C–N with tert-alkyl or cyclic N) is 1. The lowest BCUT2D eigenvalue weighted by molar-refractivity contribution is -0.0817. The van der Waals surface area contributed by atoms with E-state index >= 15 is 0 Å². The fourth-order valence-electron chi connectivity index (χ4n) is 3.30. The molecule has 1 atom stereocenters. The Kier molecular flexibility index (Phi) is 4.37. The Morgan fingerprint density at radius 3 is 3.00 bits per heavy atom. The molecule has 0 spiro atoms. The van der Waals surface area contributed by atoms with Gasteiger partial charge >= 0.3 is 0 Å². The second-order valence-electron chi connectivity index (χ2n) is 6.04. The van der Waals surface area contributed by atoms with Crippen molar-refractivity contribution in [1.29, 1.82) is 0 Å². The topological polar surface area (TPSA) is 70.5 Å². The molecule has 6 heteroatoms. The maximum absolute atomic E-state index is 10.7. The first-order valence-electron chi connectivity index (χ1n) is 7.74. The minimum absolute atomic E-state index is 0.262. The van der Waals surface area contributed by atoms with Crippen molar-refractivity contribution in [2.75, 3.05) is 38.7 Å². The van der Waals surface area contributed by atoms with E-state index in [9.17, 15) is 5.11 Å². The van der Waals surface area contributed by atoms with Gasteiger partial charge in [0.05, 0.1) is 29.7 Å². The van der Waals surface area contributed by atoms with E-state index in [0.717, 1.165) is 43.7 Å².